The van der Waals surface area contributed by atoms with Crippen molar-refractivity contribution in [3.8, 4) is 0 Å². The van der Waals surface area contributed by atoms with Crippen molar-refractivity contribution in [1.82, 2.24) is 19.7 Å². The van der Waals surface area contributed by atoms with E-state index in [-0.39, 0.29) is 18.4 Å². The molecule has 2 heterocycles. The van der Waals surface area contributed by atoms with Crippen LogP contribution in [0.3, 0.4) is 0 Å². The number of rotatable bonds is 3. The minimum atomic E-state index is -4.36. The summed E-state index contributed by atoms with van der Waals surface area (Å²) in [4.78, 5) is 18.0. The molecule has 1 fully saturated rings. The van der Waals surface area contributed by atoms with E-state index >= 15 is 0 Å². The lowest BCUT2D eigenvalue weighted by molar-refractivity contribution is -0.137. The number of likely N-dealkylation sites (tertiary alicyclic amines) is 1. The van der Waals surface area contributed by atoms with Gasteiger partial charge in [-0.15, -0.1) is 0 Å². The van der Waals surface area contributed by atoms with Gasteiger partial charge in [0.25, 0.3) is 0 Å². The van der Waals surface area contributed by atoms with Crippen molar-refractivity contribution in [2.24, 2.45) is 0 Å². The van der Waals surface area contributed by atoms with E-state index < -0.39 is 11.7 Å². The second kappa shape index (κ2) is 6.62. The van der Waals surface area contributed by atoms with Crippen molar-refractivity contribution in [2.75, 3.05) is 13.1 Å². The molecule has 0 saturated carbocycles. The first-order valence-electron chi connectivity index (χ1n) is 7.71. The SMILES string of the molecule is O=C(Cc1ccc(C(F)(F)F)cc1)N1CCC(n2cncn2)CC1. The van der Waals surface area contributed by atoms with E-state index in [9.17, 15) is 18.0 Å². The zero-order valence-electron chi connectivity index (χ0n) is 12.9. The molecule has 0 radical (unpaired) electrons. The number of aromatic nitrogens is 3. The van der Waals surface area contributed by atoms with E-state index in [1.54, 1.807) is 15.9 Å². The fourth-order valence-electron chi connectivity index (χ4n) is 2.88. The van der Waals surface area contributed by atoms with Crippen LogP contribution in [0.1, 0.15) is 30.0 Å². The van der Waals surface area contributed by atoms with Crippen molar-refractivity contribution >= 4 is 5.91 Å². The lowest BCUT2D eigenvalue weighted by atomic mass is 10.0. The number of nitrogens with zero attached hydrogens (tertiary/aromatic N) is 4. The van der Waals surface area contributed by atoms with Crippen molar-refractivity contribution in [3.05, 3.63) is 48.0 Å². The van der Waals surface area contributed by atoms with Crippen LogP contribution in [0, 0.1) is 0 Å². The lowest BCUT2D eigenvalue weighted by Gasteiger charge is -2.32. The van der Waals surface area contributed by atoms with E-state index in [1.807, 2.05) is 0 Å². The second-order valence-corrected chi connectivity index (χ2v) is 5.86. The highest BCUT2D eigenvalue weighted by Gasteiger charge is 2.30. The molecule has 0 bridgehead atoms. The van der Waals surface area contributed by atoms with Crippen LogP contribution in [0.5, 0.6) is 0 Å². The quantitative estimate of drug-likeness (QED) is 0.865. The van der Waals surface area contributed by atoms with Gasteiger partial charge in [-0.1, -0.05) is 12.1 Å². The predicted octanol–water partition coefficient (Wildman–Crippen LogP) is 2.70. The van der Waals surface area contributed by atoms with Gasteiger partial charge < -0.3 is 4.90 Å². The van der Waals surface area contributed by atoms with Crippen molar-refractivity contribution in [2.45, 2.75) is 31.5 Å². The summed E-state index contributed by atoms with van der Waals surface area (Å²) in [7, 11) is 0. The fraction of sp³-hybridized carbons (Fsp3) is 0.438. The van der Waals surface area contributed by atoms with Crippen LogP contribution in [-0.2, 0) is 17.4 Å². The Morgan fingerprint density at radius 3 is 2.38 bits per heavy atom. The van der Waals surface area contributed by atoms with E-state index in [1.165, 1.54) is 18.5 Å². The van der Waals surface area contributed by atoms with E-state index in [0.717, 1.165) is 25.0 Å². The molecule has 0 atom stereocenters. The van der Waals surface area contributed by atoms with Gasteiger partial charge in [0.15, 0.2) is 0 Å². The normalized spacial score (nSPS) is 16.4. The molecular formula is C16H17F3N4O. The number of benzene rings is 1. The van der Waals surface area contributed by atoms with Crippen LogP contribution in [0.25, 0.3) is 0 Å². The van der Waals surface area contributed by atoms with Gasteiger partial charge in [-0.3, -0.25) is 4.79 Å². The molecule has 0 spiro atoms. The molecule has 3 rings (SSSR count). The number of hydrogen-bond acceptors (Lipinski definition) is 3. The van der Waals surface area contributed by atoms with E-state index in [2.05, 4.69) is 10.1 Å². The zero-order valence-corrected chi connectivity index (χ0v) is 12.9. The molecule has 24 heavy (non-hydrogen) atoms. The molecule has 1 aliphatic rings. The maximum Gasteiger partial charge on any atom is 0.416 e. The van der Waals surface area contributed by atoms with Gasteiger partial charge >= 0.3 is 6.18 Å². The first kappa shape index (κ1) is 16.5. The highest BCUT2D eigenvalue weighted by Crippen LogP contribution is 2.29. The van der Waals surface area contributed by atoms with Gasteiger partial charge in [0, 0.05) is 13.1 Å². The molecule has 1 amide bonds. The molecule has 1 saturated heterocycles. The highest BCUT2D eigenvalue weighted by molar-refractivity contribution is 5.78. The molecule has 1 aromatic carbocycles. The summed E-state index contributed by atoms with van der Waals surface area (Å²) in [6.07, 6.45) is 0.509. The summed E-state index contributed by atoms with van der Waals surface area (Å²) >= 11 is 0. The molecule has 1 aromatic heterocycles. The van der Waals surface area contributed by atoms with Crippen LogP contribution in [0.4, 0.5) is 13.2 Å². The van der Waals surface area contributed by atoms with Crippen LogP contribution < -0.4 is 0 Å². The minimum Gasteiger partial charge on any atom is -0.342 e. The standard InChI is InChI=1S/C16H17F3N4O/c17-16(18,19)13-3-1-12(2-4-13)9-15(24)22-7-5-14(6-8-22)23-11-20-10-21-23/h1-4,10-11,14H,5-9H2. The largest absolute Gasteiger partial charge is 0.416 e. The van der Waals surface area contributed by atoms with Gasteiger partial charge in [-0.2, -0.15) is 18.3 Å². The highest BCUT2D eigenvalue weighted by atomic mass is 19.4. The molecule has 5 nitrogen and oxygen atoms in total. The Kier molecular flexibility index (Phi) is 4.55. The molecule has 2 aromatic rings. The number of piperidine rings is 1. The molecule has 128 valence electrons. The third-order valence-corrected chi connectivity index (χ3v) is 4.26. The van der Waals surface area contributed by atoms with Gasteiger partial charge in [0.05, 0.1) is 18.0 Å². The molecule has 8 heteroatoms. The molecule has 0 aliphatic carbocycles. The lowest BCUT2D eigenvalue weighted by Crippen LogP contribution is -2.40. The molecule has 0 unspecified atom stereocenters. The van der Waals surface area contributed by atoms with E-state index in [0.29, 0.717) is 18.7 Å². The number of halogens is 3. The summed E-state index contributed by atoms with van der Waals surface area (Å²) in [5, 5.41) is 4.12. The fourth-order valence-corrected chi connectivity index (χ4v) is 2.88. The van der Waals surface area contributed by atoms with Crippen LogP contribution in [0.2, 0.25) is 0 Å². The zero-order chi connectivity index (χ0) is 17.2. The first-order chi connectivity index (χ1) is 11.4. The first-order valence-corrected chi connectivity index (χ1v) is 7.71. The minimum absolute atomic E-state index is 0.0631. The van der Waals surface area contributed by atoms with Crippen LogP contribution >= 0.6 is 0 Å². The number of alkyl halides is 3. The third kappa shape index (κ3) is 3.74. The Hall–Kier alpha value is -2.38. The summed E-state index contributed by atoms with van der Waals surface area (Å²) < 4.78 is 39.4. The Labute approximate surface area is 137 Å². The number of carbonyl (C=O) groups excluding carboxylic acids is 1. The van der Waals surface area contributed by atoms with Crippen molar-refractivity contribution < 1.29 is 18.0 Å². The average molecular weight is 338 g/mol. The van der Waals surface area contributed by atoms with Crippen molar-refractivity contribution in [1.29, 1.82) is 0 Å². The monoisotopic (exact) mass is 338 g/mol. The Morgan fingerprint density at radius 1 is 1.17 bits per heavy atom. The molecule has 0 N–H and O–H groups in total. The summed E-state index contributed by atoms with van der Waals surface area (Å²) in [5.74, 6) is -0.0631. The second-order valence-electron chi connectivity index (χ2n) is 5.86. The van der Waals surface area contributed by atoms with Crippen LogP contribution in [0.15, 0.2) is 36.9 Å². The third-order valence-electron chi connectivity index (χ3n) is 4.26. The van der Waals surface area contributed by atoms with Gasteiger partial charge in [0.1, 0.15) is 12.7 Å². The van der Waals surface area contributed by atoms with Crippen molar-refractivity contribution in [3.63, 3.8) is 0 Å². The summed E-state index contributed by atoms with van der Waals surface area (Å²) in [5.41, 5.74) is -0.112. The smallest absolute Gasteiger partial charge is 0.342 e. The van der Waals surface area contributed by atoms with Gasteiger partial charge in [-0.25, -0.2) is 9.67 Å². The predicted molar refractivity (Wildman–Crippen MR) is 80.0 cm³/mol. The van der Waals surface area contributed by atoms with Gasteiger partial charge in [0.2, 0.25) is 5.91 Å². The number of amides is 1. The summed E-state index contributed by atoms with van der Waals surface area (Å²) in [6, 6.07) is 4.99. The van der Waals surface area contributed by atoms with Crippen LogP contribution in [-0.4, -0.2) is 38.7 Å². The average Bonchev–Trinajstić information content (AvgIpc) is 3.09. The Bertz CT molecular complexity index is 674. The summed E-state index contributed by atoms with van der Waals surface area (Å²) in [6.45, 7) is 1.23. The Morgan fingerprint density at radius 2 is 1.83 bits per heavy atom. The molecule has 1 aliphatic heterocycles. The molecular weight excluding hydrogens is 321 g/mol. The van der Waals surface area contributed by atoms with E-state index in [4.69, 9.17) is 0 Å². The van der Waals surface area contributed by atoms with Gasteiger partial charge in [-0.05, 0) is 30.5 Å². The maximum atomic E-state index is 12.5. The maximum absolute atomic E-state index is 12.5. The number of carbonyl (C=O) groups is 1. The number of hydrogen-bond donors (Lipinski definition) is 0. The topological polar surface area (TPSA) is 51.0 Å². The Balaban J connectivity index is 1.54.